The molecule has 0 saturated heterocycles. The van der Waals surface area contributed by atoms with Crippen molar-refractivity contribution in [3.8, 4) is 11.5 Å². The van der Waals surface area contributed by atoms with Crippen LogP contribution in [0, 0.1) is 0 Å². The van der Waals surface area contributed by atoms with E-state index >= 15 is 0 Å². The molecule has 1 aromatic rings. The van der Waals surface area contributed by atoms with Crippen LogP contribution in [0.5, 0.6) is 11.5 Å². The van der Waals surface area contributed by atoms with E-state index in [1.807, 2.05) is 12.1 Å². The van der Waals surface area contributed by atoms with Crippen molar-refractivity contribution in [2.45, 2.75) is 33.1 Å². The minimum absolute atomic E-state index is 0.449. The Hall–Kier alpha value is -1.18. The summed E-state index contributed by atoms with van der Waals surface area (Å²) in [6.07, 6.45) is 1.01. The van der Waals surface area contributed by atoms with Gasteiger partial charge in [-0.25, -0.2) is 0 Å². The first kappa shape index (κ1) is 11.9. The molecule has 0 aliphatic carbocycles. The topological polar surface area (TPSA) is 18.5 Å². The zero-order valence-electron chi connectivity index (χ0n) is 10.0. The SMILES string of the molecule is CCCOc1cccc(C(C)C)c1OC. The van der Waals surface area contributed by atoms with Gasteiger partial charge in [-0.3, -0.25) is 0 Å². The van der Waals surface area contributed by atoms with E-state index in [1.165, 1.54) is 5.56 Å². The Labute approximate surface area is 92.2 Å². The highest BCUT2D eigenvalue weighted by atomic mass is 16.5. The monoisotopic (exact) mass is 208 g/mol. The van der Waals surface area contributed by atoms with Crippen LogP contribution in [-0.2, 0) is 0 Å². The van der Waals surface area contributed by atoms with E-state index in [-0.39, 0.29) is 0 Å². The van der Waals surface area contributed by atoms with Gasteiger partial charge in [-0.05, 0) is 18.4 Å². The molecule has 0 aromatic heterocycles. The second-order valence-electron chi connectivity index (χ2n) is 3.88. The molecule has 0 spiro atoms. The van der Waals surface area contributed by atoms with Crippen LogP contribution < -0.4 is 9.47 Å². The first-order valence-corrected chi connectivity index (χ1v) is 5.50. The van der Waals surface area contributed by atoms with Gasteiger partial charge < -0.3 is 9.47 Å². The van der Waals surface area contributed by atoms with E-state index in [4.69, 9.17) is 9.47 Å². The molecule has 0 fully saturated rings. The number of ether oxygens (including phenoxy) is 2. The predicted octanol–water partition coefficient (Wildman–Crippen LogP) is 3.61. The van der Waals surface area contributed by atoms with Gasteiger partial charge in [-0.15, -0.1) is 0 Å². The largest absolute Gasteiger partial charge is 0.493 e. The fourth-order valence-electron chi connectivity index (χ4n) is 1.53. The van der Waals surface area contributed by atoms with Gasteiger partial charge in [-0.1, -0.05) is 32.9 Å². The average molecular weight is 208 g/mol. The van der Waals surface area contributed by atoms with Crippen LogP contribution >= 0.6 is 0 Å². The van der Waals surface area contributed by atoms with Gasteiger partial charge in [-0.2, -0.15) is 0 Å². The van der Waals surface area contributed by atoms with Crippen molar-refractivity contribution >= 4 is 0 Å². The molecule has 15 heavy (non-hydrogen) atoms. The third kappa shape index (κ3) is 2.88. The van der Waals surface area contributed by atoms with E-state index in [1.54, 1.807) is 7.11 Å². The van der Waals surface area contributed by atoms with Gasteiger partial charge in [0.25, 0.3) is 0 Å². The lowest BCUT2D eigenvalue weighted by Gasteiger charge is -2.15. The summed E-state index contributed by atoms with van der Waals surface area (Å²) < 4.78 is 11.1. The fraction of sp³-hybridized carbons (Fsp3) is 0.538. The predicted molar refractivity (Wildman–Crippen MR) is 62.9 cm³/mol. The lowest BCUT2D eigenvalue weighted by molar-refractivity contribution is 0.292. The van der Waals surface area contributed by atoms with E-state index in [0.717, 1.165) is 24.5 Å². The molecule has 2 nitrogen and oxygen atoms in total. The van der Waals surface area contributed by atoms with Crippen molar-refractivity contribution in [1.82, 2.24) is 0 Å². The number of methoxy groups -OCH3 is 1. The Morgan fingerprint density at radius 1 is 1.27 bits per heavy atom. The van der Waals surface area contributed by atoms with E-state index in [9.17, 15) is 0 Å². The van der Waals surface area contributed by atoms with Crippen LogP contribution in [0.4, 0.5) is 0 Å². The Bertz CT molecular complexity index is 305. The molecular formula is C13H20O2. The second-order valence-corrected chi connectivity index (χ2v) is 3.88. The number of hydrogen-bond donors (Lipinski definition) is 0. The molecule has 1 rings (SSSR count). The summed E-state index contributed by atoms with van der Waals surface area (Å²) in [6, 6.07) is 6.06. The maximum atomic E-state index is 5.64. The third-order valence-corrected chi connectivity index (χ3v) is 2.30. The lowest BCUT2D eigenvalue weighted by Crippen LogP contribution is -2.01. The smallest absolute Gasteiger partial charge is 0.164 e. The van der Waals surface area contributed by atoms with Crippen molar-refractivity contribution in [2.24, 2.45) is 0 Å². The molecule has 1 aromatic carbocycles. The van der Waals surface area contributed by atoms with Gasteiger partial charge in [0.05, 0.1) is 13.7 Å². The Morgan fingerprint density at radius 3 is 2.53 bits per heavy atom. The molecule has 0 aliphatic rings. The van der Waals surface area contributed by atoms with E-state index in [0.29, 0.717) is 5.92 Å². The van der Waals surface area contributed by atoms with Crippen LogP contribution in [0.2, 0.25) is 0 Å². The second kappa shape index (κ2) is 5.64. The highest BCUT2D eigenvalue weighted by Crippen LogP contribution is 2.35. The summed E-state index contributed by atoms with van der Waals surface area (Å²) in [4.78, 5) is 0. The Kier molecular flexibility index (Phi) is 4.47. The maximum absolute atomic E-state index is 5.64. The number of hydrogen-bond acceptors (Lipinski definition) is 2. The van der Waals surface area contributed by atoms with Crippen molar-refractivity contribution in [3.63, 3.8) is 0 Å². The van der Waals surface area contributed by atoms with Gasteiger partial charge in [0, 0.05) is 5.56 Å². The van der Waals surface area contributed by atoms with Crippen LogP contribution in [0.15, 0.2) is 18.2 Å². The number of rotatable bonds is 5. The minimum Gasteiger partial charge on any atom is -0.493 e. The standard InChI is InChI=1S/C13H20O2/c1-5-9-15-12-8-6-7-11(10(2)3)13(12)14-4/h6-8,10H,5,9H2,1-4H3. The van der Waals surface area contributed by atoms with Crippen molar-refractivity contribution in [1.29, 1.82) is 0 Å². The fourth-order valence-corrected chi connectivity index (χ4v) is 1.53. The average Bonchev–Trinajstić information content (AvgIpc) is 2.25. The Balaban J connectivity index is 2.99. The zero-order chi connectivity index (χ0) is 11.3. The molecule has 2 heteroatoms. The van der Waals surface area contributed by atoms with Gasteiger partial charge in [0.2, 0.25) is 0 Å². The molecule has 0 radical (unpaired) electrons. The molecule has 84 valence electrons. The first-order valence-electron chi connectivity index (χ1n) is 5.50. The molecule has 0 atom stereocenters. The summed E-state index contributed by atoms with van der Waals surface area (Å²) in [5.41, 5.74) is 1.20. The van der Waals surface area contributed by atoms with Crippen LogP contribution in [0.25, 0.3) is 0 Å². The molecule has 0 amide bonds. The van der Waals surface area contributed by atoms with Crippen LogP contribution in [0.3, 0.4) is 0 Å². The summed E-state index contributed by atoms with van der Waals surface area (Å²) in [7, 11) is 1.69. The van der Waals surface area contributed by atoms with E-state index in [2.05, 4.69) is 26.8 Å². The molecule has 0 unspecified atom stereocenters. The highest BCUT2D eigenvalue weighted by molar-refractivity contribution is 5.47. The maximum Gasteiger partial charge on any atom is 0.164 e. The highest BCUT2D eigenvalue weighted by Gasteiger charge is 2.12. The van der Waals surface area contributed by atoms with Crippen LogP contribution in [0.1, 0.15) is 38.7 Å². The Morgan fingerprint density at radius 2 is 2.00 bits per heavy atom. The number of para-hydroxylation sites is 1. The van der Waals surface area contributed by atoms with Crippen LogP contribution in [-0.4, -0.2) is 13.7 Å². The molecule has 0 aliphatic heterocycles. The summed E-state index contributed by atoms with van der Waals surface area (Å²) in [6.45, 7) is 7.14. The molecule has 0 saturated carbocycles. The summed E-state index contributed by atoms with van der Waals surface area (Å²) in [5, 5.41) is 0. The van der Waals surface area contributed by atoms with E-state index < -0.39 is 0 Å². The minimum atomic E-state index is 0.449. The quantitative estimate of drug-likeness (QED) is 0.736. The van der Waals surface area contributed by atoms with Crippen molar-refractivity contribution in [3.05, 3.63) is 23.8 Å². The summed E-state index contributed by atoms with van der Waals surface area (Å²) >= 11 is 0. The molecule has 0 bridgehead atoms. The van der Waals surface area contributed by atoms with Crippen molar-refractivity contribution in [2.75, 3.05) is 13.7 Å². The third-order valence-electron chi connectivity index (χ3n) is 2.30. The first-order chi connectivity index (χ1) is 7.20. The summed E-state index contributed by atoms with van der Waals surface area (Å²) in [5.74, 6) is 2.18. The van der Waals surface area contributed by atoms with Crippen molar-refractivity contribution < 1.29 is 9.47 Å². The van der Waals surface area contributed by atoms with Gasteiger partial charge in [0.15, 0.2) is 11.5 Å². The van der Waals surface area contributed by atoms with Gasteiger partial charge >= 0.3 is 0 Å². The number of benzene rings is 1. The molecule has 0 heterocycles. The van der Waals surface area contributed by atoms with Gasteiger partial charge in [0.1, 0.15) is 0 Å². The normalized spacial score (nSPS) is 10.5. The molecule has 0 N–H and O–H groups in total. The zero-order valence-corrected chi connectivity index (χ0v) is 10.0. The molecular weight excluding hydrogens is 188 g/mol. The lowest BCUT2D eigenvalue weighted by atomic mass is 10.0.